The van der Waals surface area contributed by atoms with Crippen molar-refractivity contribution in [3.8, 4) is 11.8 Å². The molecule has 0 bridgehead atoms. The normalized spacial score (nSPS) is 10.6. The summed E-state index contributed by atoms with van der Waals surface area (Å²) in [6, 6.07) is 17.4. The third kappa shape index (κ3) is 4.96. The largest absolute Gasteiger partial charge is 0.325 e. The first kappa shape index (κ1) is 19.6. The van der Waals surface area contributed by atoms with Gasteiger partial charge in [-0.2, -0.15) is 9.94 Å². The van der Waals surface area contributed by atoms with Crippen molar-refractivity contribution >= 4 is 23.4 Å². The lowest BCUT2D eigenvalue weighted by Crippen LogP contribution is -2.14. The molecule has 0 aliphatic carbocycles. The molecule has 0 radical (unpaired) electrons. The zero-order valence-corrected chi connectivity index (χ0v) is 16.5. The van der Waals surface area contributed by atoms with Gasteiger partial charge in [-0.25, -0.2) is 0 Å². The Morgan fingerprint density at radius 1 is 1.18 bits per heavy atom. The quantitative estimate of drug-likeness (QED) is 0.617. The molecule has 0 saturated carbocycles. The summed E-state index contributed by atoms with van der Waals surface area (Å²) in [6.07, 6.45) is 0.352. The summed E-state index contributed by atoms with van der Waals surface area (Å²) in [6.45, 7) is 4.28. The van der Waals surface area contributed by atoms with Crippen LogP contribution in [0.4, 0.5) is 5.69 Å². The average Bonchev–Trinajstić information content (AvgIpc) is 3.17. The molecule has 1 amide bonds. The van der Waals surface area contributed by atoms with Crippen LogP contribution in [-0.4, -0.2) is 31.9 Å². The number of anilines is 1. The summed E-state index contributed by atoms with van der Waals surface area (Å²) in [5.41, 5.74) is 3.70. The molecule has 0 unspecified atom stereocenters. The van der Waals surface area contributed by atoms with Crippen LogP contribution in [0.1, 0.15) is 30.9 Å². The second-order valence-corrected chi connectivity index (χ2v) is 7.43. The smallest absolute Gasteiger partial charge is 0.234 e. The minimum atomic E-state index is -0.150. The van der Waals surface area contributed by atoms with E-state index in [9.17, 15) is 4.79 Å². The standard InChI is InChI=1S/C20H20N6OS/c1-14(2)16-5-9-18(10-6-16)26-20(23-24-25-26)28-13-19(27)22-17-7-3-15(4-8-17)11-12-21/h3-10,14H,11,13H2,1-2H3,(H,22,27). The fourth-order valence-corrected chi connectivity index (χ4v) is 3.25. The summed E-state index contributed by atoms with van der Waals surface area (Å²) in [7, 11) is 0. The van der Waals surface area contributed by atoms with Crippen molar-refractivity contribution in [3.63, 3.8) is 0 Å². The van der Waals surface area contributed by atoms with Crippen LogP contribution in [0.15, 0.2) is 53.7 Å². The van der Waals surface area contributed by atoms with Crippen molar-refractivity contribution in [2.45, 2.75) is 31.3 Å². The lowest BCUT2D eigenvalue weighted by Gasteiger charge is -2.08. The van der Waals surface area contributed by atoms with Crippen LogP contribution >= 0.6 is 11.8 Å². The maximum absolute atomic E-state index is 12.2. The maximum atomic E-state index is 12.2. The zero-order valence-electron chi connectivity index (χ0n) is 15.7. The number of carbonyl (C=O) groups excluding carboxylic acids is 1. The van der Waals surface area contributed by atoms with E-state index >= 15 is 0 Å². The van der Waals surface area contributed by atoms with Gasteiger partial charge in [-0.3, -0.25) is 4.79 Å². The predicted molar refractivity (Wildman–Crippen MR) is 108 cm³/mol. The molecule has 3 aromatic rings. The first-order valence-corrected chi connectivity index (χ1v) is 9.82. The number of amides is 1. The maximum Gasteiger partial charge on any atom is 0.234 e. The Hall–Kier alpha value is -3.18. The monoisotopic (exact) mass is 392 g/mol. The number of carbonyl (C=O) groups is 1. The van der Waals surface area contributed by atoms with Crippen LogP contribution in [0.3, 0.4) is 0 Å². The Kier molecular flexibility index (Phi) is 6.40. The van der Waals surface area contributed by atoms with Gasteiger partial charge in [0.25, 0.3) is 0 Å². The molecule has 0 fully saturated rings. The molecule has 0 aliphatic heterocycles. The molecule has 7 nitrogen and oxygen atoms in total. The first-order chi connectivity index (χ1) is 13.6. The van der Waals surface area contributed by atoms with Crippen molar-refractivity contribution in [2.24, 2.45) is 0 Å². The van der Waals surface area contributed by atoms with Crippen LogP contribution in [0.5, 0.6) is 0 Å². The van der Waals surface area contributed by atoms with Gasteiger partial charge in [0.1, 0.15) is 0 Å². The van der Waals surface area contributed by atoms with Crippen molar-refractivity contribution in [1.29, 1.82) is 5.26 Å². The van der Waals surface area contributed by atoms with E-state index in [-0.39, 0.29) is 11.7 Å². The van der Waals surface area contributed by atoms with E-state index in [2.05, 4.69) is 52.9 Å². The van der Waals surface area contributed by atoms with Crippen LogP contribution in [0.25, 0.3) is 5.69 Å². The van der Waals surface area contributed by atoms with Crippen LogP contribution in [0.2, 0.25) is 0 Å². The number of nitriles is 1. The summed E-state index contributed by atoms with van der Waals surface area (Å²) in [5, 5.41) is 23.9. The minimum absolute atomic E-state index is 0.150. The number of aromatic nitrogens is 4. The molecule has 0 spiro atoms. The third-order valence-corrected chi connectivity index (χ3v) is 5.02. The highest BCUT2D eigenvalue weighted by Gasteiger charge is 2.12. The second kappa shape index (κ2) is 9.15. The summed E-state index contributed by atoms with van der Waals surface area (Å²) in [4.78, 5) is 12.2. The van der Waals surface area contributed by atoms with Gasteiger partial charge in [0.15, 0.2) is 0 Å². The molecule has 1 heterocycles. The molecule has 8 heteroatoms. The molecular formula is C20H20N6OS. The Morgan fingerprint density at radius 2 is 1.89 bits per heavy atom. The van der Waals surface area contributed by atoms with Gasteiger partial charge in [0.05, 0.1) is 23.9 Å². The third-order valence-electron chi connectivity index (χ3n) is 4.10. The van der Waals surface area contributed by atoms with Gasteiger partial charge in [-0.1, -0.05) is 49.9 Å². The SMILES string of the molecule is CC(C)c1ccc(-n2nnnc2SCC(=O)Nc2ccc(CC#N)cc2)cc1. The predicted octanol–water partition coefficient (Wildman–Crippen LogP) is 3.58. The van der Waals surface area contributed by atoms with Crippen molar-refractivity contribution in [1.82, 2.24) is 20.2 Å². The summed E-state index contributed by atoms with van der Waals surface area (Å²) < 4.78 is 1.62. The highest BCUT2D eigenvalue weighted by Crippen LogP contribution is 2.21. The number of thioether (sulfide) groups is 1. The fraction of sp³-hybridized carbons (Fsp3) is 0.250. The van der Waals surface area contributed by atoms with Gasteiger partial charge < -0.3 is 5.32 Å². The molecule has 1 N–H and O–H groups in total. The van der Waals surface area contributed by atoms with Crippen LogP contribution < -0.4 is 5.32 Å². The molecule has 3 rings (SSSR count). The van der Waals surface area contributed by atoms with Crippen molar-refractivity contribution in [2.75, 3.05) is 11.1 Å². The Bertz CT molecular complexity index is 973. The number of tetrazole rings is 1. The van der Waals surface area contributed by atoms with Crippen molar-refractivity contribution < 1.29 is 4.79 Å². The summed E-state index contributed by atoms with van der Waals surface area (Å²) >= 11 is 1.27. The van der Waals surface area contributed by atoms with E-state index < -0.39 is 0 Å². The molecule has 142 valence electrons. The van der Waals surface area contributed by atoms with E-state index in [0.717, 1.165) is 11.3 Å². The topological polar surface area (TPSA) is 96.5 Å². The van der Waals surface area contributed by atoms with Gasteiger partial charge in [0, 0.05) is 5.69 Å². The highest BCUT2D eigenvalue weighted by molar-refractivity contribution is 7.99. The highest BCUT2D eigenvalue weighted by atomic mass is 32.2. The van der Waals surface area contributed by atoms with E-state index in [4.69, 9.17) is 5.26 Å². The molecular weight excluding hydrogens is 372 g/mol. The lowest BCUT2D eigenvalue weighted by molar-refractivity contribution is -0.113. The minimum Gasteiger partial charge on any atom is -0.325 e. The van der Waals surface area contributed by atoms with E-state index in [1.165, 1.54) is 17.3 Å². The fourth-order valence-electron chi connectivity index (χ4n) is 2.56. The summed E-state index contributed by atoms with van der Waals surface area (Å²) in [5.74, 6) is 0.488. The number of nitrogens with zero attached hydrogens (tertiary/aromatic N) is 5. The molecule has 1 aromatic heterocycles. The Labute approximate surface area is 167 Å². The number of hydrogen-bond acceptors (Lipinski definition) is 6. The van der Waals surface area contributed by atoms with Gasteiger partial charge in [-0.05, 0) is 51.7 Å². The van der Waals surface area contributed by atoms with E-state index in [1.54, 1.807) is 16.8 Å². The van der Waals surface area contributed by atoms with Crippen LogP contribution in [-0.2, 0) is 11.2 Å². The van der Waals surface area contributed by atoms with Gasteiger partial charge in [0.2, 0.25) is 11.1 Å². The zero-order chi connectivity index (χ0) is 19.9. The van der Waals surface area contributed by atoms with Crippen LogP contribution in [0, 0.1) is 11.3 Å². The Morgan fingerprint density at radius 3 is 2.54 bits per heavy atom. The Balaban J connectivity index is 1.60. The number of rotatable bonds is 7. The molecule has 0 aliphatic rings. The van der Waals surface area contributed by atoms with Crippen molar-refractivity contribution in [3.05, 3.63) is 59.7 Å². The molecule has 2 aromatic carbocycles. The number of benzene rings is 2. The van der Waals surface area contributed by atoms with E-state index in [0.29, 0.717) is 23.2 Å². The van der Waals surface area contributed by atoms with E-state index in [1.807, 2.05) is 24.3 Å². The first-order valence-electron chi connectivity index (χ1n) is 8.84. The number of nitrogens with one attached hydrogen (secondary N) is 1. The molecule has 0 atom stereocenters. The van der Waals surface area contributed by atoms with Gasteiger partial charge in [-0.15, -0.1) is 5.10 Å². The molecule has 28 heavy (non-hydrogen) atoms. The number of hydrogen-bond donors (Lipinski definition) is 1. The average molecular weight is 392 g/mol. The molecule has 0 saturated heterocycles. The second-order valence-electron chi connectivity index (χ2n) is 6.49. The van der Waals surface area contributed by atoms with Gasteiger partial charge >= 0.3 is 0 Å². The lowest BCUT2D eigenvalue weighted by atomic mass is 10.0.